The molecule has 0 saturated heterocycles. The van der Waals surface area contributed by atoms with Gasteiger partial charge in [0.2, 0.25) is 0 Å². The third-order valence-electron chi connectivity index (χ3n) is 4.89. The average Bonchev–Trinajstić information content (AvgIpc) is 2.79. The van der Waals surface area contributed by atoms with Crippen molar-refractivity contribution < 1.29 is 18.4 Å². The molecule has 6 nitrogen and oxygen atoms in total. The molecule has 3 aromatic rings. The number of hydrogen-bond donors (Lipinski definition) is 1. The van der Waals surface area contributed by atoms with E-state index in [1.165, 1.54) is 6.20 Å². The number of aromatic nitrogens is 2. The molecule has 0 aliphatic rings. The number of carbonyl (C=O) groups is 2. The second-order valence-electron chi connectivity index (χ2n) is 7.58. The first-order valence-electron chi connectivity index (χ1n) is 10.1. The number of amides is 2. The summed E-state index contributed by atoms with van der Waals surface area (Å²) in [6.07, 6.45) is 1.76. The van der Waals surface area contributed by atoms with Crippen LogP contribution in [0.5, 0.6) is 0 Å². The maximum absolute atomic E-state index is 13.0. The fraction of sp³-hybridized carbons (Fsp3) is 0.250. The molecule has 0 unspecified atom stereocenters. The van der Waals surface area contributed by atoms with Gasteiger partial charge in [0, 0.05) is 42.4 Å². The van der Waals surface area contributed by atoms with E-state index in [1.54, 1.807) is 69.6 Å². The highest BCUT2D eigenvalue weighted by Gasteiger charge is 2.28. The van der Waals surface area contributed by atoms with Crippen molar-refractivity contribution in [2.75, 3.05) is 4.90 Å². The van der Waals surface area contributed by atoms with Crippen molar-refractivity contribution in [1.82, 2.24) is 15.3 Å². The summed E-state index contributed by atoms with van der Waals surface area (Å²) in [6, 6.07) is 11.8. The zero-order chi connectivity index (χ0) is 23.3. The molecule has 2 heterocycles. The minimum absolute atomic E-state index is 0.252. The van der Waals surface area contributed by atoms with E-state index < -0.39 is 18.4 Å². The van der Waals surface area contributed by atoms with Crippen LogP contribution in [0.2, 0.25) is 0 Å². The molecule has 32 heavy (non-hydrogen) atoms. The number of nitrogens with one attached hydrogen (secondary N) is 1. The van der Waals surface area contributed by atoms with E-state index >= 15 is 0 Å². The van der Waals surface area contributed by atoms with Crippen molar-refractivity contribution in [2.45, 2.75) is 39.8 Å². The molecule has 0 spiro atoms. The van der Waals surface area contributed by atoms with Gasteiger partial charge in [0.25, 0.3) is 11.8 Å². The Morgan fingerprint density at radius 3 is 2.44 bits per heavy atom. The van der Waals surface area contributed by atoms with E-state index in [0.717, 1.165) is 16.0 Å². The molecule has 8 heteroatoms. The molecule has 0 fully saturated rings. The van der Waals surface area contributed by atoms with Gasteiger partial charge in [-0.25, -0.2) is 0 Å². The largest absolute Gasteiger partial charge is 0.348 e. The van der Waals surface area contributed by atoms with Crippen LogP contribution in [0.1, 0.15) is 35.3 Å². The van der Waals surface area contributed by atoms with E-state index in [1.807, 2.05) is 6.07 Å². The molecule has 166 valence electrons. The molecule has 0 atom stereocenters. The highest BCUT2D eigenvalue weighted by atomic mass is 19.3. The number of benzene rings is 1. The number of hydrogen-bond acceptors (Lipinski definition) is 4. The summed E-state index contributed by atoms with van der Waals surface area (Å²) in [7, 11) is 0. The second-order valence-corrected chi connectivity index (χ2v) is 7.58. The van der Waals surface area contributed by atoms with Crippen LogP contribution >= 0.6 is 0 Å². The Balaban J connectivity index is 1.75. The van der Waals surface area contributed by atoms with Crippen LogP contribution in [0.4, 0.5) is 14.5 Å². The van der Waals surface area contributed by atoms with Gasteiger partial charge >= 0.3 is 6.43 Å². The Kier molecular flexibility index (Phi) is 7.25. The van der Waals surface area contributed by atoms with Crippen molar-refractivity contribution in [1.29, 1.82) is 0 Å². The van der Waals surface area contributed by atoms with Crippen molar-refractivity contribution in [2.24, 2.45) is 0 Å². The van der Waals surface area contributed by atoms with Crippen LogP contribution in [0.25, 0.3) is 11.3 Å². The molecule has 1 aromatic carbocycles. The fourth-order valence-corrected chi connectivity index (χ4v) is 3.33. The molecule has 0 bridgehead atoms. The maximum atomic E-state index is 13.0. The standard InChI is InChI=1S/C24H24F2N4O2/c1-15(2)30(24(32)22(25)26)21-9-7-18(11-16(21)3)20-8-6-19(14-28-20)23(31)29-13-17-5-4-10-27-12-17/h4-12,14-15,22H,13H2,1-3H3,(H,29,31). The van der Waals surface area contributed by atoms with Gasteiger partial charge in [-0.2, -0.15) is 8.78 Å². The zero-order valence-corrected chi connectivity index (χ0v) is 18.0. The Morgan fingerprint density at radius 2 is 1.88 bits per heavy atom. The van der Waals surface area contributed by atoms with Gasteiger partial charge in [0.15, 0.2) is 0 Å². The van der Waals surface area contributed by atoms with Crippen LogP contribution in [0.3, 0.4) is 0 Å². The normalized spacial score (nSPS) is 11.0. The van der Waals surface area contributed by atoms with E-state index in [0.29, 0.717) is 29.1 Å². The van der Waals surface area contributed by atoms with Crippen LogP contribution in [0, 0.1) is 6.92 Å². The minimum Gasteiger partial charge on any atom is -0.348 e. The van der Waals surface area contributed by atoms with Crippen molar-refractivity contribution >= 4 is 17.5 Å². The average molecular weight is 438 g/mol. The van der Waals surface area contributed by atoms with Crippen LogP contribution in [-0.4, -0.2) is 34.2 Å². The molecule has 0 saturated carbocycles. The molecule has 1 N–H and O–H groups in total. The quantitative estimate of drug-likeness (QED) is 0.594. The molecule has 0 radical (unpaired) electrons. The summed E-state index contributed by atoms with van der Waals surface area (Å²) in [4.78, 5) is 33.8. The summed E-state index contributed by atoms with van der Waals surface area (Å²) >= 11 is 0. The summed E-state index contributed by atoms with van der Waals surface area (Å²) < 4.78 is 26.0. The molecule has 2 aromatic heterocycles. The Morgan fingerprint density at radius 1 is 1.09 bits per heavy atom. The highest BCUT2D eigenvalue weighted by molar-refractivity contribution is 5.97. The zero-order valence-electron chi connectivity index (χ0n) is 18.0. The maximum Gasteiger partial charge on any atom is 0.316 e. The topological polar surface area (TPSA) is 75.2 Å². The molecular formula is C24H24F2N4O2. The molecule has 0 aliphatic carbocycles. The Hall–Kier alpha value is -3.68. The van der Waals surface area contributed by atoms with Crippen LogP contribution in [-0.2, 0) is 11.3 Å². The van der Waals surface area contributed by atoms with Crippen LogP contribution < -0.4 is 10.2 Å². The smallest absolute Gasteiger partial charge is 0.316 e. The second kappa shape index (κ2) is 10.1. The fourth-order valence-electron chi connectivity index (χ4n) is 3.33. The number of aryl methyl sites for hydroxylation is 1. The van der Waals surface area contributed by atoms with Gasteiger partial charge in [-0.1, -0.05) is 12.1 Å². The van der Waals surface area contributed by atoms with Gasteiger partial charge in [-0.3, -0.25) is 19.6 Å². The predicted molar refractivity (Wildman–Crippen MR) is 118 cm³/mol. The lowest BCUT2D eigenvalue weighted by atomic mass is 10.0. The van der Waals surface area contributed by atoms with E-state index in [2.05, 4.69) is 15.3 Å². The van der Waals surface area contributed by atoms with E-state index in [-0.39, 0.29) is 5.91 Å². The number of nitrogens with zero attached hydrogens (tertiary/aromatic N) is 3. The number of halogens is 2. The van der Waals surface area contributed by atoms with E-state index in [4.69, 9.17) is 0 Å². The van der Waals surface area contributed by atoms with Crippen molar-refractivity contribution in [3.05, 3.63) is 77.7 Å². The number of carbonyl (C=O) groups excluding carboxylic acids is 2. The summed E-state index contributed by atoms with van der Waals surface area (Å²) in [5, 5.41) is 2.82. The summed E-state index contributed by atoms with van der Waals surface area (Å²) in [5.74, 6) is -1.48. The molecule has 0 aliphatic heterocycles. The third kappa shape index (κ3) is 5.32. The van der Waals surface area contributed by atoms with Crippen molar-refractivity contribution in [3.63, 3.8) is 0 Å². The van der Waals surface area contributed by atoms with Gasteiger partial charge in [0.1, 0.15) is 0 Å². The lowest BCUT2D eigenvalue weighted by Gasteiger charge is -2.28. The number of rotatable bonds is 7. The lowest BCUT2D eigenvalue weighted by Crippen LogP contribution is -2.41. The summed E-state index contributed by atoms with van der Waals surface area (Å²) in [6.45, 7) is 5.49. The van der Waals surface area contributed by atoms with Gasteiger partial charge in [0.05, 0.1) is 11.3 Å². The molecule has 3 rings (SSSR count). The predicted octanol–water partition coefficient (Wildman–Crippen LogP) is 4.39. The molecular weight excluding hydrogens is 414 g/mol. The van der Waals surface area contributed by atoms with E-state index in [9.17, 15) is 18.4 Å². The summed E-state index contributed by atoms with van der Waals surface area (Å²) in [5.41, 5.74) is 3.79. The van der Waals surface area contributed by atoms with Crippen molar-refractivity contribution in [3.8, 4) is 11.3 Å². The number of anilines is 1. The monoisotopic (exact) mass is 438 g/mol. The van der Waals surface area contributed by atoms with Gasteiger partial charge < -0.3 is 10.2 Å². The SMILES string of the molecule is Cc1cc(-c2ccc(C(=O)NCc3cccnc3)cn2)ccc1N(C(=O)C(F)F)C(C)C. The van der Waals surface area contributed by atoms with Gasteiger partial charge in [-0.05, 0) is 62.2 Å². The minimum atomic E-state index is -3.07. The first-order valence-corrected chi connectivity index (χ1v) is 10.1. The van der Waals surface area contributed by atoms with Crippen LogP contribution in [0.15, 0.2) is 61.1 Å². The Bertz CT molecular complexity index is 1090. The first kappa shape index (κ1) is 23.0. The molecule has 2 amide bonds. The highest BCUT2D eigenvalue weighted by Crippen LogP contribution is 2.28. The number of alkyl halides is 2. The Labute approximate surface area is 185 Å². The van der Waals surface area contributed by atoms with Gasteiger partial charge in [-0.15, -0.1) is 0 Å². The first-order chi connectivity index (χ1) is 15.3. The third-order valence-corrected chi connectivity index (χ3v) is 4.89. The lowest BCUT2D eigenvalue weighted by molar-refractivity contribution is -0.129. The number of pyridine rings is 2.